The first-order valence-electron chi connectivity index (χ1n) is 5.70. The van der Waals surface area contributed by atoms with Crippen molar-refractivity contribution in [1.29, 1.82) is 0 Å². The van der Waals surface area contributed by atoms with Gasteiger partial charge in [-0.2, -0.15) is 0 Å². The van der Waals surface area contributed by atoms with Crippen molar-refractivity contribution in [3.05, 3.63) is 30.9 Å². The number of nitrogens with one attached hydrogen (secondary N) is 1. The highest BCUT2D eigenvalue weighted by molar-refractivity contribution is 7.99. The summed E-state index contributed by atoms with van der Waals surface area (Å²) in [6, 6.07) is 4.63. The highest BCUT2D eigenvalue weighted by Crippen LogP contribution is 2.35. The molecule has 0 radical (unpaired) electrons. The molecule has 1 aromatic carbocycles. The fourth-order valence-corrected chi connectivity index (χ4v) is 3.46. The molecule has 5 N–H and O–H groups in total. The Morgan fingerprint density at radius 3 is 2.76 bits per heavy atom. The van der Waals surface area contributed by atoms with Crippen LogP contribution in [-0.4, -0.2) is 28.4 Å². The number of H-pyrrole nitrogens is 1. The second-order valence-electron chi connectivity index (χ2n) is 4.09. The van der Waals surface area contributed by atoms with Gasteiger partial charge in [0, 0.05) is 4.90 Å². The molecule has 108 valence electrons. The van der Waals surface area contributed by atoms with Crippen LogP contribution >= 0.6 is 11.8 Å². The van der Waals surface area contributed by atoms with E-state index in [4.69, 9.17) is 10.9 Å². The SMILES string of the molecule is Nc1c(Sc2ncnc3nc[nH]c23)cccc1S(N)(=O)=O. The van der Waals surface area contributed by atoms with Gasteiger partial charge in [0.25, 0.3) is 0 Å². The van der Waals surface area contributed by atoms with Crippen LogP contribution < -0.4 is 10.9 Å². The molecular weight excluding hydrogens is 312 g/mol. The van der Waals surface area contributed by atoms with Crippen LogP contribution in [0.1, 0.15) is 0 Å². The molecule has 0 spiro atoms. The van der Waals surface area contributed by atoms with Crippen LogP contribution in [0.5, 0.6) is 0 Å². The van der Waals surface area contributed by atoms with E-state index in [-0.39, 0.29) is 10.6 Å². The van der Waals surface area contributed by atoms with Crippen molar-refractivity contribution in [2.24, 2.45) is 5.14 Å². The van der Waals surface area contributed by atoms with Gasteiger partial charge in [-0.15, -0.1) is 0 Å². The van der Waals surface area contributed by atoms with Crippen LogP contribution in [0.15, 0.2) is 45.7 Å². The molecule has 0 atom stereocenters. The van der Waals surface area contributed by atoms with Gasteiger partial charge >= 0.3 is 0 Å². The molecule has 0 aliphatic heterocycles. The Kier molecular flexibility index (Phi) is 3.27. The average molecular weight is 322 g/mol. The summed E-state index contributed by atoms with van der Waals surface area (Å²) < 4.78 is 23.0. The fourth-order valence-electron chi connectivity index (χ4n) is 1.79. The molecule has 3 rings (SSSR count). The molecule has 2 heterocycles. The number of imidazole rings is 1. The number of nitrogens with zero attached hydrogens (tertiary/aromatic N) is 3. The summed E-state index contributed by atoms with van der Waals surface area (Å²) in [6.07, 6.45) is 2.89. The van der Waals surface area contributed by atoms with Gasteiger partial charge in [0.15, 0.2) is 5.65 Å². The molecule has 0 amide bonds. The maximum Gasteiger partial charge on any atom is 0.240 e. The Hall–Kier alpha value is -2.17. The molecule has 0 saturated carbocycles. The number of aromatic nitrogens is 4. The van der Waals surface area contributed by atoms with Gasteiger partial charge in [-0.25, -0.2) is 28.5 Å². The molecule has 0 unspecified atom stereocenters. The number of fused-ring (bicyclic) bond motifs is 1. The van der Waals surface area contributed by atoms with Gasteiger partial charge in [-0.05, 0) is 12.1 Å². The number of nitrogens with two attached hydrogens (primary N) is 2. The molecule has 3 aromatic rings. The van der Waals surface area contributed by atoms with Gasteiger partial charge in [0.2, 0.25) is 10.0 Å². The molecule has 0 saturated heterocycles. The van der Waals surface area contributed by atoms with E-state index in [1.807, 2.05) is 0 Å². The summed E-state index contributed by atoms with van der Waals surface area (Å²) in [5, 5.41) is 5.73. The van der Waals surface area contributed by atoms with Crippen molar-refractivity contribution in [3.8, 4) is 0 Å². The van der Waals surface area contributed by atoms with Crippen molar-refractivity contribution in [3.63, 3.8) is 0 Å². The van der Waals surface area contributed by atoms with Gasteiger partial charge in [-0.1, -0.05) is 17.8 Å². The Balaban J connectivity index is 2.09. The van der Waals surface area contributed by atoms with E-state index in [2.05, 4.69) is 19.9 Å². The van der Waals surface area contributed by atoms with Crippen LogP contribution in [-0.2, 0) is 10.0 Å². The highest BCUT2D eigenvalue weighted by atomic mass is 32.2. The minimum Gasteiger partial charge on any atom is -0.397 e. The normalized spacial score (nSPS) is 11.9. The zero-order valence-electron chi connectivity index (χ0n) is 10.5. The van der Waals surface area contributed by atoms with E-state index in [0.717, 1.165) is 0 Å². The first-order valence-corrected chi connectivity index (χ1v) is 8.06. The maximum atomic E-state index is 11.5. The first kappa shape index (κ1) is 13.8. The number of rotatable bonds is 3. The van der Waals surface area contributed by atoms with Crippen molar-refractivity contribution in [2.75, 3.05) is 5.73 Å². The number of sulfonamides is 1. The number of hydrogen-bond donors (Lipinski definition) is 3. The molecule has 2 aromatic heterocycles. The zero-order chi connectivity index (χ0) is 15.0. The van der Waals surface area contributed by atoms with E-state index in [0.29, 0.717) is 21.1 Å². The van der Waals surface area contributed by atoms with E-state index in [9.17, 15) is 8.42 Å². The number of aromatic amines is 1. The average Bonchev–Trinajstić information content (AvgIpc) is 2.89. The maximum absolute atomic E-state index is 11.5. The van der Waals surface area contributed by atoms with E-state index in [1.54, 1.807) is 12.1 Å². The lowest BCUT2D eigenvalue weighted by atomic mass is 10.3. The van der Waals surface area contributed by atoms with Gasteiger partial charge < -0.3 is 10.7 Å². The number of nitrogen functional groups attached to an aromatic ring is 1. The minimum absolute atomic E-state index is 0.0938. The number of hydrogen-bond acceptors (Lipinski definition) is 7. The predicted octanol–water partition coefficient (Wildman–Crippen LogP) is 0.734. The minimum atomic E-state index is -3.87. The topological polar surface area (TPSA) is 141 Å². The third kappa shape index (κ3) is 2.55. The second kappa shape index (κ2) is 4.98. The number of primary sulfonamides is 1. The van der Waals surface area contributed by atoms with Crippen LogP contribution in [0.4, 0.5) is 5.69 Å². The highest BCUT2D eigenvalue weighted by Gasteiger charge is 2.16. The zero-order valence-corrected chi connectivity index (χ0v) is 12.1. The number of anilines is 1. The summed E-state index contributed by atoms with van der Waals surface area (Å²) in [4.78, 5) is 15.6. The molecule has 21 heavy (non-hydrogen) atoms. The molecule has 10 heteroatoms. The lowest BCUT2D eigenvalue weighted by Crippen LogP contribution is -2.14. The van der Waals surface area contributed by atoms with E-state index < -0.39 is 10.0 Å². The summed E-state index contributed by atoms with van der Waals surface area (Å²) in [5.41, 5.74) is 7.16. The lowest BCUT2D eigenvalue weighted by molar-refractivity contribution is 0.598. The predicted molar refractivity (Wildman–Crippen MR) is 78.0 cm³/mol. The Morgan fingerprint density at radius 2 is 2.00 bits per heavy atom. The second-order valence-corrected chi connectivity index (χ2v) is 6.66. The van der Waals surface area contributed by atoms with Crippen molar-refractivity contribution in [2.45, 2.75) is 14.8 Å². The monoisotopic (exact) mass is 322 g/mol. The Labute approximate surface area is 124 Å². The molecule has 8 nitrogen and oxygen atoms in total. The number of benzene rings is 1. The fraction of sp³-hybridized carbons (Fsp3) is 0. The molecule has 0 aliphatic carbocycles. The van der Waals surface area contributed by atoms with Gasteiger partial charge in [0.1, 0.15) is 21.8 Å². The van der Waals surface area contributed by atoms with Gasteiger partial charge in [-0.3, -0.25) is 0 Å². The van der Waals surface area contributed by atoms with Crippen molar-refractivity contribution in [1.82, 2.24) is 19.9 Å². The molecule has 0 fully saturated rings. The van der Waals surface area contributed by atoms with Crippen molar-refractivity contribution >= 4 is 38.6 Å². The Bertz CT molecular complexity index is 921. The Morgan fingerprint density at radius 1 is 1.19 bits per heavy atom. The summed E-state index contributed by atoms with van der Waals surface area (Å²) >= 11 is 1.21. The first-order chi connectivity index (χ1) is 9.97. The lowest BCUT2D eigenvalue weighted by Gasteiger charge is -2.08. The van der Waals surface area contributed by atoms with Crippen molar-refractivity contribution < 1.29 is 8.42 Å². The standard InChI is InChI=1S/C11H10N6O2S2/c12-8-6(2-1-3-7(8)21(13,18)19)20-11-9-10(15-4-14-9)16-5-17-11/h1-5H,12H2,(H2,13,18,19)(H,14,15,16,17). The largest absolute Gasteiger partial charge is 0.397 e. The van der Waals surface area contributed by atoms with Crippen LogP contribution in [0, 0.1) is 0 Å². The molecule has 0 bridgehead atoms. The van der Waals surface area contributed by atoms with Crippen LogP contribution in [0.2, 0.25) is 0 Å². The molecular formula is C11H10N6O2S2. The summed E-state index contributed by atoms with van der Waals surface area (Å²) in [6.45, 7) is 0. The smallest absolute Gasteiger partial charge is 0.240 e. The third-order valence-corrected chi connectivity index (χ3v) is 4.78. The van der Waals surface area contributed by atoms with Crippen LogP contribution in [0.3, 0.4) is 0 Å². The summed E-state index contributed by atoms with van der Waals surface area (Å²) in [5.74, 6) is 0. The summed E-state index contributed by atoms with van der Waals surface area (Å²) in [7, 11) is -3.87. The number of para-hydroxylation sites is 1. The van der Waals surface area contributed by atoms with E-state index >= 15 is 0 Å². The van der Waals surface area contributed by atoms with E-state index in [1.165, 1.54) is 30.5 Å². The molecule has 0 aliphatic rings. The third-order valence-electron chi connectivity index (χ3n) is 2.73. The van der Waals surface area contributed by atoms with Crippen LogP contribution in [0.25, 0.3) is 11.2 Å². The quantitative estimate of drug-likeness (QED) is 0.477. The van der Waals surface area contributed by atoms with Gasteiger partial charge in [0.05, 0.1) is 12.0 Å².